The van der Waals surface area contributed by atoms with Crippen LogP contribution >= 0.6 is 27.5 Å². The SMILES string of the molecule is COC(=O)c1nc(C2CC2)nc(N(C)Cc2ccc(Br)cc2)c1Cl. The van der Waals surface area contributed by atoms with E-state index < -0.39 is 5.97 Å². The highest BCUT2D eigenvalue weighted by Crippen LogP contribution is 2.40. The smallest absolute Gasteiger partial charge is 0.358 e. The molecule has 0 amide bonds. The number of carbonyl (C=O) groups excluding carboxylic acids is 1. The van der Waals surface area contributed by atoms with Gasteiger partial charge in [-0.1, -0.05) is 39.7 Å². The van der Waals surface area contributed by atoms with Crippen LogP contribution in [0.3, 0.4) is 0 Å². The number of hydrogen-bond donors (Lipinski definition) is 0. The molecule has 3 rings (SSSR count). The first kappa shape index (κ1) is 17.2. The second-order valence-electron chi connectivity index (χ2n) is 5.82. The van der Waals surface area contributed by atoms with Gasteiger partial charge in [0.15, 0.2) is 11.5 Å². The molecule has 1 heterocycles. The van der Waals surface area contributed by atoms with E-state index in [0.717, 1.165) is 22.9 Å². The highest BCUT2D eigenvalue weighted by molar-refractivity contribution is 9.10. The van der Waals surface area contributed by atoms with E-state index in [0.29, 0.717) is 24.1 Å². The van der Waals surface area contributed by atoms with Gasteiger partial charge < -0.3 is 9.64 Å². The third-order valence-corrected chi connectivity index (χ3v) is 4.74. The zero-order chi connectivity index (χ0) is 17.3. The van der Waals surface area contributed by atoms with Crippen LogP contribution in [0.25, 0.3) is 0 Å². The first-order valence-corrected chi connectivity index (χ1v) is 8.78. The van der Waals surface area contributed by atoms with Crippen LogP contribution < -0.4 is 4.90 Å². The number of esters is 1. The maximum atomic E-state index is 12.0. The van der Waals surface area contributed by atoms with E-state index in [9.17, 15) is 4.79 Å². The molecule has 2 aromatic rings. The fourth-order valence-electron chi connectivity index (χ4n) is 2.40. The predicted molar refractivity (Wildman–Crippen MR) is 96.6 cm³/mol. The number of nitrogens with zero attached hydrogens (tertiary/aromatic N) is 3. The topological polar surface area (TPSA) is 55.3 Å². The average Bonchev–Trinajstić information content (AvgIpc) is 3.41. The van der Waals surface area contributed by atoms with Crippen LogP contribution in [0.5, 0.6) is 0 Å². The molecule has 1 aliphatic carbocycles. The van der Waals surface area contributed by atoms with Crippen molar-refractivity contribution in [3.8, 4) is 0 Å². The summed E-state index contributed by atoms with van der Waals surface area (Å²) >= 11 is 9.82. The Hall–Kier alpha value is -1.66. The van der Waals surface area contributed by atoms with Crippen molar-refractivity contribution in [2.75, 3.05) is 19.1 Å². The number of carbonyl (C=O) groups is 1. The zero-order valence-electron chi connectivity index (χ0n) is 13.4. The van der Waals surface area contributed by atoms with Crippen molar-refractivity contribution in [1.29, 1.82) is 0 Å². The van der Waals surface area contributed by atoms with E-state index in [1.54, 1.807) is 0 Å². The van der Waals surface area contributed by atoms with Crippen LogP contribution in [-0.2, 0) is 11.3 Å². The second-order valence-corrected chi connectivity index (χ2v) is 7.11. The van der Waals surface area contributed by atoms with Crippen molar-refractivity contribution in [3.63, 3.8) is 0 Å². The Kier molecular flexibility index (Phi) is 5.06. The van der Waals surface area contributed by atoms with E-state index in [1.807, 2.05) is 36.2 Å². The Morgan fingerprint density at radius 3 is 2.58 bits per heavy atom. The summed E-state index contributed by atoms with van der Waals surface area (Å²) in [7, 11) is 3.22. The number of rotatable bonds is 5. The standard InChI is InChI=1S/C17H17BrClN3O2/c1-22(9-10-3-7-12(18)8-4-10)16-13(19)14(17(23)24-2)20-15(21-16)11-5-6-11/h3-4,7-8,11H,5-6,9H2,1-2H3. The number of hydrogen-bond acceptors (Lipinski definition) is 5. The van der Waals surface area contributed by atoms with Gasteiger partial charge in [-0.2, -0.15) is 0 Å². The number of aromatic nitrogens is 2. The highest BCUT2D eigenvalue weighted by atomic mass is 79.9. The van der Waals surface area contributed by atoms with Gasteiger partial charge in [0.25, 0.3) is 0 Å². The molecule has 0 bridgehead atoms. The van der Waals surface area contributed by atoms with Gasteiger partial charge in [0.2, 0.25) is 0 Å². The molecule has 0 unspecified atom stereocenters. The summed E-state index contributed by atoms with van der Waals surface area (Å²) in [4.78, 5) is 22.8. The number of benzene rings is 1. The van der Waals surface area contributed by atoms with Crippen LogP contribution in [0.1, 0.15) is 40.6 Å². The minimum absolute atomic E-state index is 0.133. The Balaban J connectivity index is 1.94. The van der Waals surface area contributed by atoms with Gasteiger partial charge in [-0.15, -0.1) is 0 Å². The largest absolute Gasteiger partial charge is 0.464 e. The molecule has 24 heavy (non-hydrogen) atoms. The van der Waals surface area contributed by atoms with E-state index >= 15 is 0 Å². The van der Waals surface area contributed by atoms with Gasteiger partial charge in [-0.05, 0) is 30.5 Å². The molecule has 5 nitrogen and oxygen atoms in total. The van der Waals surface area contributed by atoms with Crippen molar-refractivity contribution >= 4 is 39.3 Å². The molecular formula is C17H17BrClN3O2. The number of anilines is 1. The first-order valence-electron chi connectivity index (χ1n) is 7.61. The van der Waals surface area contributed by atoms with Gasteiger partial charge in [0, 0.05) is 24.0 Å². The lowest BCUT2D eigenvalue weighted by atomic mass is 10.2. The Labute approximate surface area is 154 Å². The van der Waals surface area contributed by atoms with Crippen LogP contribution in [0.4, 0.5) is 5.82 Å². The Morgan fingerprint density at radius 1 is 1.33 bits per heavy atom. The molecule has 0 N–H and O–H groups in total. The summed E-state index contributed by atoms with van der Waals surface area (Å²) < 4.78 is 5.83. The average molecular weight is 411 g/mol. The monoisotopic (exact) mass is 409 g/mol. The summed E-state index contributed by atoms with van der Waals surface area (Å²) in [5.41, 5.74) is 1.25. The molecule has 1 fully saturated rings. The van der Waals surface area contributed by atoms with Crippen LogP contribution in [0.15, 0.2) is 28.7 Å². The van der Waals surface area contributed by atoms with E-state index in [2.05, 4.69) is 25.9 Å². The van der Waals surface area contributed by atoms with Crippen molar-refractivity contribution < 1.29 is 9.53 Å². The van der Waals surface area contributed by atoms with Crippen LogP contribution in [0.2, 0.25) is 5.02 Å². The molecule has 1 saturated carbocycles. The predicted octanol–water partition coefficient (Wildman–Crippen LogP) is 4.19. The minimum atomic E-state index is -0.539. The lowest BCUT2D eigenvalue weighted by Gasteiger charge is -2.21. The highest BCUT2D eigenvalue weighted by Gasteiger charge is 2.30. The normalized spacial score (nSPS) is 13.7. The molecule has 0 aliphatic heterocycles. The number of ether oxygens (including phenoxy) is 1. The Morgan fingerprint density at radius 2 is 2.00 bits per heavy atom. The molecule has 7 heteroatoms. The third kappa shape index (κ3) is 3.70. The molecule has 126 valence electrons. The maximum absolute atomic E-state index is 12.0. The molecular weight excluding hydrogens is 394 g/mol. The molecule has 0 spiro atoms. The van der Waals surface area contributed by atoms with E-state index in [4.69, 9.17) is 16.3 Å². The van der Waals surface area contributed by atoms with E-state index in [-0.39, 0.29) is 10.7 Å². The minimum Gasteiger partial charge on any atom is -0.464 e. The maximum Gasteiger partial charge on any atom is 0.358 e. The Bertz CT molecular complexity index is 763. The lowest BCUT2D eigenvalue weighted by molar-refractivity contribution is 0.0593. The summed E-state index contributed by atoms with van der Waals surface area (Å²) in [6.45, 7) is 0.620. The fourth-order valence-corrected chi connectivity index (χ4v) is 2.97. The molecule has 0 saturated heterocycles. The van der Waals surface area contributed by atoms with E-state index in [1.165, 1.54) is 7.11 Å². The van der Waals surface area contributed by atoms with Gasteiger partial charge >= 0.3 is 5.97 Å². The lowest BCUT2D eigenvalue weighted by Crippen LogP contribution is -2.21. The third-order valence-electron chi connectivity index (χ3n) is 3.87. The summed E-state index contributed by atoms with van der Waals surface area (Å²) in [5, 5.41) is 0.228. The second kappa shape index (κ2) is 7.07. The van der Waals surface area contributed by atoms with Crippen molar-refractivity contribution in [1.82, 2.24) is 9.97 Å². The van der Waals surface area contributed by atoms with Gasteiger partial charge in [0.1, 0.15) is 10.8 Å². The van der Waals surface area contributed by atoms with Gasteiger partial charge in [-0.3, -0.25) is 0 Å². The summed E-state index contributed by atoms with van der Waals surface area (Å²) in [5.74, 6) is 0.988. The van der Waals surface area contributed by atoms with Crippen molar-refractivity contribution in [3.05, 3.63) is 50.8 Å². The van der Waals surface area contributed by atoms with Crippen molar-refractivity contribution in [2.45, 2.75) is 25.3 Å². The molecule has 0 radical (unpaired) electrons. The molecule has 1 aromatic heterocycles. The van der Waals surface area contributed by atoms with Crippen LogP contribution in [-0.4, -0.2) is 30.1 Å². The number of methoxy groups -OCH3 is 1. The summed E-state index contributed by atoms with van der Waals surface area (Å²) in [6.07, 6.45) is 2.08. The van der Waals surface area contributed by atoms with Crippen LogP contribution in [0, 0.1) is 0 Å². The zero-order valence-corrected chi connectivity index (χ0v) is 15.8. The molecule has 1 aliphatic rings. The van der Waals surface area contributed by atoms with Crippen molar-refractivity contribution in [2.24, 2.45) is 0 Å². The molecule has 1 aromatic carbocycles. The quantitative estimate of drug-likeness (QED) is 0.692. The first-order chi connectivity index (χ1) is 11.5. The van der Waals surface area contributed by atoms with Gasteiger partial charge in [-0.25, -0.2) is 14.8 Å². The molecule has 0 atom stereocenters. The number of halogens is 2. The summed E-state index contributed by atoms with van der Waals surface area (Å²) in [6, 6.07) is 8.03. The fraction of sp³-hybridized carbons (Fsp3) is 0.353. The van der Waals surface area contributed by atoms with Gasteiger partial charge in [0.05, 0.1) is 7.11 Å².